The molecule has 0 bridgehead atoms. The number of hydrogen-bond donors (Lipinski definition) is 1. The SMILES string of the molecule is C=C(C)CCn1c(CNC)cc2ccccc21. The molecule has 0 saturated carbocycles. The minimum absolute atomic E-state index is 0.908. The van der Waals surface area contributed by atoms with E-state index in [4.69, 9.17) is 0 Å². The number of fused-ring (bicyclic) bond motifs is 1. The smallest absolute Gasteiger partial charge is 0.0483 e. The Labute approximate surface area is 103 Å². The largest absolute Gasteiger partial charge is 0.343 e. The maximum Gasteiger partial charge on any atom is 0.0483 e. The normalized spacial score (nSPS) is 10.9. The van der Waals surface area contributed by atoms with Gasteiger partial charge < -0.3 is 9.88 Å². The zero-order chi connectivity index (χ0) is 12.3. The highest BCUT2D eigenvalue weighted by Gasteiger charge is 2.07. The summed E-state index contributed by atoms with van der Waals surface area (Å²) in [5, 5.41) is 4.55. The number of para-hydroxylation sites is 1. The topological polar surface area (TPSA) is 17.0 Å². The average Bonchev–Trinajstić information content (AvgIpc) is 2.64. The van der Waals surface area contributed by atoms with Crippen LogP contribution < -0.4 is 5.32 Å². The third-order valence-electron chi connectivity index (χ3n) is 3.02. The first kappa shape index (κ1) is 11.9. The molecule has 2 heteroatoms. The van der Waals surface area contributed by atoms with Crippen LogP contribution in [0.25, 0.3) is 10.9 Å². The first-order chi connectivity index (χ1) is 8.22. The summed E-state index contributed by atoms with van der Waals surface area (Å²) in [5.74, 6) is 0. The summed E-state index contributed by atoms with van der Waals surface area (Å²) in [6.45, 7) is 7.99. The summed E-state index contributed by atoms with van der Waals surface area (Å²) in [6.07, 6.45) is 1.04. The molecule has 0 atom stereocenters. The maximum absolute atomic E-state index is 3.98. The molecule has 17 heavy (non-hydrogen) atoms. The van der Waals surface area contributed by atoms with Crippen LogP contribution in [-0.2, 0) is 13.1 Å². The zero-order valence-corrected chi connectivity index (χ0v) is 10.7. The van der Waals surface area contributed by atoms with Gasteiger partial charge in [-0.05, 0) is 37.9 Å². The Bertz CT molecular complexity index is 523. The number of nitrogens with one attached hydrogen (secondary N) is 1. The fourth-order valence-corrected chi connectivity index (χ4v) is 2.16. The zero-order valence-electron chi connectivity index (χ0n) is 10.7. The van der Waals surface area contributed by atoms with Gasteiger partial charge in [0.1, 0.15) is 0 Å². The van der Waals surface area contributed by atoms with Crippen LogP contribution in [0.3, 0.4) is 0 Å². The predicted octanol–water partition coefficient (Wildman–Crippen LogP) is 3.33. The monoisotopic (exact) mass is 228 g/mol. The molecule has 1 aromatic carbocycles. The quantitative estimate of drug-likeness (QED) is 0.777. The van der Waals surface area contributed by atoms with Crippen molar-refractivity contribution in [1.29, 1.82) is 0 Å². The highest BCUT2D eigenvalue weighted by Crippen LogP contribution is 2.20. The number of nitrogens with zero attached hydrogens (tertiary/aromatic N) is 1. The van der Waals surface area contributed by atoms with E-state index in [0.717, 1.165) is 19.5 Å². The van der Waals surface area contributed by atoms with E-state index in [1.54, 1.807) is 0 Å². The van der Waals surface area contributed by atoms with Crippen LogP contribution in [-0.4, -0.2) is 11.6 Å². The van der Waals surface area contributed by atoms with Crippen molar-refractivity contribution in [3.05, 3.63) is 48.2 Å². The maximum atomic E-state index is 3.98. The molecule has 0 saturated heterocycles. The molecule has 90 valence electrons. The van der Waals surface area contributed by atoms with Gasteiger partial charge in [0.05, 0.1) is 0 Å². The van der Waals surface area contributed by atoms with Gasteiger partial charge in [0.15, 0.2) is 0 Å². The third kappa shape index (κ3) is 2.59. The lowest BCUT2D eigenvalue weighted by molar-refractivity contribution is 0.654. The van der Waals surface area contributed by atoms with Crippen LogP contribution in [0.15, 0.2) is 42.5 Å². The van der Waals surface area contributed by atoms with E-state index in [-0.39, 0.29) is 0 Å². The van der Waals surface area contributed by atoms with Crippen molar-refractivity contribution in [2.45, 2.75) is 26.4 Å². The number of hydrogen-bond acceptors (Lipinski definition) is 1. The Balaban J connectivity index is 2.40. The summed E-state index contributed by atoms with van der Waals surface area (Å²) in [4.78, 5) is 0. The molecule has 0 amide bonds. The van der Waals surface area contributed by atoms with Gasteiger partial charge in [0.2, 0.25) is 0 Å². The van der Waals surface area contributed by atoms with E-state index >= 15 is 0 Å². The first-order valence-corrected chi connectivity index (χ1v) is 6.08. The van der Waals surface area contributed by atoms with Gasteiger partial charge in [0, 0.05) is 24.3 Å². The Kier molecular flexibility index (Phi) is 3.64. The van der Waals surface area contributed by atoms with Crippen LogP contribution in [0.5, 0.6) is 0 Å². The van der Waals surface area contributed by atoms with Gasteiger partial charge in [-0.1, -0.05) is 23.8 Å². The van der Waals surface area contributed by atoms with Crippen molar-refractivity contribution in [2.75, 3.05) is 7.05 Å². The van der Waals surface area contributed by atoms with Crippen LogP contribution in [0.4, 0.5) is 0 Å². The molecular formula is C15H20N2. The molecule has 1 heterocycles. The number of allylic oxidation sites excluding steroid dienone is 1. The van der Waals surface area contributed by atoms with Crippen molar-refractivity contribution in [3.8, 4) is 0 Å². The lowest BCUT2D eigenvalue weighted by Crippen LogP contribution is -2.11. The standard InChI is InChI=1S/C15H20N2/c1-12(2)8-9-17-14(11-16-3)10-13-6-4-5-7-15(13)17/h4-7,10,16H,1,8-9,11H2,2-3H3. The fraction of sp³-hybridized carbons (Fsp3) is 0.333. The summed E-state index contributed by atoms with van der Waals surface area (Å²) < 4.78 is 2.39. The van der Waals surface area contributed by atoms with E-state index in [0.29, 0.717) is 0 Å². The van der Waals surface area contributed by atoms with Crippen LogP contribution in [0.2, 0.25) is 0 Å². The Morgan fingerprint density at radius 1 is 1.35 bits per heavy atom. The highest BCUT2D eigenvalue weighted by molar-refractivity contribution is 5.81. The van der Waals surface area contributed by atoms with Gasteiger partial charge in [-0.3, -0.25) is 0 Å². The second-order valence-electron chi connectivity index (χ2n) is 4.58. The molecule has 0 radical (unpaired) electrons. The van der Waals surface area contributed by atoms with Crippen molar-refractivity contribution < 1.29 is 0 Å². The molecule has 0 fully saturated rings. The summed E-state index contributed by atoms with van der Waals surface area (Å²) in [6, 6.07) is 10.8. The Morgan fingerprint density at radius 2 is 2.12 bits per heavy atom. The minimum Gasteiger partial charge on any atom is -0.343 e. The Morgan fingerprint density at radius 3 is 2.82 bits per heavy atom. The molecule has 1 aromatic heterocycles. The van der Waals surface area contributed by atoms with Gasteiger partial charge in [-0.2, -0.15) is 0 Å². The van der Waals surface area contributed by atoms with Crippen LogP contribution in [0, 0.1) is 0 Å². The van der Waals surface area contributed by atoms with Gasteiger partial charge >= 0.3 is 0 Å². The minimum atomic E-state index is 0.908. The molecule has 0 spiro atoms. The van der Waals surface area contributed by atoms with Gasteiger partial charge in [-0.25, -0.2) is 0 Å². The van der Waals surface area contributed by atoms with E-state index in [9.17, 15) is 0 Å². The molecule has 0 aliphatic rings. The molecular weight excluding hydrogens is 208 g/mol. The summed E-state index contributed by atoms with van der Waals surface area (Å²) in [7, 11) is 1.99. The molecule has 0 aliphatic heterocycles. The molecule has 0 unspecified atom stereocenters. The Hall–Kier alpha value is -1.54. The first-order valence-electron chi connectivity index (χ1n) is 6.08. The predicted molar refractivity (Wildman–Crippen MR) is 74.1 cm³/mol. The van der Waals surface area contributed by atoms with Crippen LogP contribution >= 0.6 is 0 Å². The van der Waals surface area contributed by atoms with Crippen molar-refractivity contribution in [3.63, 3.8) is 0 Å². The molecule has 2 nitrogen and oxygen atoms in total. The summed E-state index contributed by atoms with van der Waals surface area (Å²) >= 11 is 0. The second-order valence-corrected chi connectivity index (χ2v) is 4.58. The summed E-state index contributed by atoms with van der Waals surface area (Å²) in [5.41, 5.74) is 3.90. The molecule has 1 N–H and O–H groups in total. The molecule has 0 aliphatic carbocycles. The third-order valence-corrected chi connectivity index (χ3v) is 3.02. The number of benzene rings is 1. The van der Waals surface area contributed by atoms with E-state index < -0.39 is 0 Å². The van der Waals surface area contributed by atoms with Gasteiger partial charge in [-0.15, -0.1) is 6.58 Å². The van der Waals surface area contributed by atoms with Crippen molar-refractivity contribution in [2.24, 2.45) is 0 Å². The lowest BCUT2D eigenvalue weighted by Gasteiger charge is -2.10. The fourth-order valence-electron chi connectivity index (χ4n) is 2.16. The highest BCUT2D eigenvalue weighted by atomic mass is 15.0. The van der Waals surface area contributed by atoms with E-state index in [2.05, 4.69) is 53.7 Å². The number of rotatable bonds is 5. The van der Waals surface area contributed by atoms with Crippen molar-refractivity contribution >= 4 is 10.9 Å². The molecule has 2 aromatic rings. The van der Waals surface area contributed by atoms with E-state index in [1.165, 1.54) is 22.2 Å². The number of aryl methyl sites for hydroxylation is 1. The van der Waals surface area contributed by atoms with Crippen molar-refractivity contribution in [1.82, 2.24) is 9.88 Å². The average molecular weight is 228 g/mol. The molecule has 2 rings (SSSR count). The van der Waals surface area contributed by atoms with E-state index in [1.807, 2.05) is 7.05 Å². The lowest BCUT2D eigenvalue weighted by atomic mass is 10.2. The van der Waals surface area contributed by atoms with Gasteiger partial charge in [0.25, 0.3) is 0 Å². The van der Waals surface area contributed by atoms with Crippen LogP contribution in [0.1, 0.15) is 19.0 Å². The number of aromatic nitrogens is 1. The second kappa shape index (κ2) is 5.19.